The second-order valence-corrected chi connectivity index (χ2v) is 12.3. The Kier molecular flexibility index (Phi) is 5.20. The van der Waals surface area contributed by atoms with Crippen molar-refractivity contribution in [1.29, 1.82) is 0 Å². The fraction of sp³-hybridized carbons (Fsp3) is 0.0233. The van der Waals surface area contributed by atoms with Gasteiger partial charge in [-0.3, -0.25) is 0 Å². The van der Waals surface area contributed by atoms with Crippen LogP contribution in [0, 0.1) is 0 Å². The Hall–Kier alpha value is -6.06. The highest BCUT2D eigenvalue weighted by Gasteiger charge is 2.47. The van der Waals surface area contributed by atoms with Gasteiger partial charge in [-0.05, 0) is 57.7 Å². The van der Waals surface area contributed by atoms with Crippen LogP contribution in [0.1, 0.15) is 22.0 Å². The van der Waals surface area contributed by atoms with Crippen molar-refractivity contribution in [2.45, 2.75) is 6.04 Å². The molecule has 1 aromatic heterocycles. The average Bonchev–Trinajstić information content (AvgIpc) is 3.46. The maximum absolute atomic E-state index is 14.7. The molecule has 3 aliphatic rings. The van der Waals surface area contributed by atoms with Crippen LogP contribution in [0.15, 0.2) is 158 Å². The summed E-state index contributed by atoms with van der Waals surface area (Å²) in [6.45, 7) is 0. The van der Waals surface area contributed by atoms with Crippen LogP contribution in [0.4, 0.5) is 5.69 Å². The van der Waals surface area contributed by atoms with Crippen LogP contribution in [0.25, 0.3) is 60.8 Å². The predicted molar refractivity (Wildman–Crippen MR) is 188 cm³/mol. The van der Waals surface area contributed by atoms with Gasteiger partial charge in [0.25, 0.3) is 0 Å². The van der Waals surface area contributed by atoms with Crippen molar-refractivity contribution in [1.82, 2.24) is 4.57 Å². The molecule has 3 nitrogen and oxygen atoms in total. The molecule has 214 valence electrons. The molecule has 3 heteroatoms. The standard InChI is InChI=1S/C43H27N2O/c46-43-33-19-11-10-18-32(33)40-34(29-16-8-3-9-17-29)26-36-35-24-30(27-12-4-1-5-13-27)20-22-37(35)44-38-23-21-31(28-14-6-2-7-15-28)25-39(38)45(43)42(40)41(36)44/h1-26,38H/q+1. The van der Waals surface area contributed by atoms with Crippen molar-refractivity contribution < 1.29 is 9.37 Å². The Morgan fingerprint density at radius 3 is 1.96 bits per heavy atom. The van der Waals surface area contributed by atoms with Gasteiger partial charge in [0.05, 0.1) is 16.6 Å². The molecule has 2 aliphatic heterocycles. The molecule has 0 bridgehead atoms. The van der Waals surface area contributed by atoms with Crippen molar-refractivity contribution in [3.05, 3.63) is 169 Å². The number of benzene rings is 6. The average molecular weight is 588 g/mol. The highest BCUT2D eigenvalue weighted by Crippen LogP contribution is 2.54. The molecular formula is C43H27N2O+. The summed E-state index contributed by atoms with van der Waals surface area (Å²) in [5.74, 6) is 0.0232. The second kappa shape index (κ2) is 9.47. The monoisotopic (exact) mass is 587 g/mol. The molecule has 0 radical (unpaired) electrons. The van der Waals surface area contributed by atoms with Gasteiger partial charge in [0.1, 0.15) is 11.6 Å². The maximum Gasteiger partial charge on any atom is 0.426 e. The molecule has 0 saturated carbocycles. The summed E-state index contributed by atoms with van der Waals surface area (Å²) in [5.41, 5.74) is 13.9. The Bertz CT molecular complexity index is 2520. The Balaban J connectivity index is 1.39. The van der Waals surface area contributed by atoms with Gasteiger partial charge in [-0.15, -0.1) is 4.58 Å². The van der Waals surface area contributed by atoms with Gasteiger partial charge in [-0.25, -0.2) is 4.79 Å². The fourth-order valence-corrected chi connectivity index (χ4v) is 7.79. The highest BCUT2D eigenvalue weighted by molar-refractivity contribution is 6.24. The minimum absolute atomic E-state index is 0.0232. The van der Waals surface area contributed by atoms with Crippen molar-refractivity contribution >= 4 is 44.7 Å². The van der Waals surface area contributed by atoms with E-state index in [0.717, 1.165) is 66.8 Å². The molecule has 0 fully saturated rings. The number of allylic oxidation sites excluding steroid dienone is 4. The van der Waals surface area contributed by atoms with Crippen LogP contribution in [-0.4, -0.2) is 20.8 Å². The minimum atomic E-state index is -0.132. The Morgan fingerprint density at radius 1 is 0.565 bits per heavy atom. The zero-order chi connectivity index (χ0) is 30.4. The lowest BCUT2D eigenvalue weighted by atomic mass is 9.84. The normalized spacial score (nSPS) is 16.0. The molecule has 1 amide bonds. The number of nitrogens with zero attached hydrogens (tertiary/aromatic N) is 2. The van der Waals surface area contributed by atoms with Crippen LogP contribution in [0.2, 0.25) is 0 Å². The van der Waals surface area contributed by atoms with Gasteiger partial charge in [0, 0.05) is 22.4 Å². The van der Waals surface area contributed by atoms with E-state index in [9.17, 15) is 4.79 Å². The molecule has 6 aromatic carbocycles. The molecule has 0 spiro atoms. The van der Waals surface area contributed by atoms with Crippen molar-refractivity contribution in [3.63, 3.8) is 0 Å². The van der Waals surface area contributed by atoms with Gasteiger partial charge < -0.3 is 4.57 Å². The van der Waals surface area contributed by atoms with Crippen LogP contribution in [0.5, 0.6) is 0 Å². The van der Waals surface area contributed by atoms with Crippen LogP contribution >= 0.6 is 0 Å². The van der Waals surface area contributed by atoms with Crippen molar-refractivity contribution in [3.8, 4) is 33.4 Å². The summed E-state index contributed by atoms with van der Waals surface area (Å²) >= 11 is 0. The van der Waals surface area contributed by atoms with Gasteiger partial charge in [-0.1, -0.05) is 127 Å². The number of aromatic nitrogens is 1. The summed E-state index contributed by atoms with van der Waals surface area (Å²) in [5, 5.41) is 2.35. The summed E-state index contributed by atoms with van der Waals surface area (Å²) in [7, 11) is 0. The van der Waals surface area contributed by atoms with E-state index >= 15 is 0 Å². The summed E-state index contributed by atoms with van der Waals surface area (Å²) in [6, 6.07) is 48.8. The minimum Gasteiger partial charge on any atom is -0.318 e. The van der Waals surface area contributed by atoms with Crippen LogP contribution < -0.4 is 0 Å². The number of carbonyl (C=O) groups excluding carboxylic acids is 1. The molecule has 3 heterocycles. The predicted octanol–water partition coefficient (Wildman–Crippen LogP) is 10.2. The van der Waals surface area contributed by atoms with Crippen LogP contribution in [0.3, 0.4) is 0 Å². The van der Waals surface area contributed by atoms with E-state index in [-0.39, 0.29) is 11.9 Å². The molecule has 0 N–H and O–H groups in total. The smallest absolute Gasteiger partial charge is 0.318 e. The summed E-state index contributed by atoms with van der Waals surface area (Å²) in [4.78, 5) is 14.7. The van der Waals surface area contributed by atoms with Gasteiger partial charge in [0.2, 0.25) is 11.4 Å². The number of hydrogen-bond donors (Lipinski definition) is 0. The lowest BCUT2D eigenvalue weighted by Gasteiger charge is -2.29. The van der Waals surface area contributed by atoms with E-state index in [2.05, 4.69) is 138 Å². The molecule has 10 rings (SSSR count). The summed E-state index contributed by atoms with van der Waals surface area (Å²) in [6.07, 6.45) is 6.71. The second-order valence-electron chi connectivity index (χ2n) is 12.3. The van der Waals surface area contributed by atoms with E-state index in [1.807, 2.05) is 28.8 Å². The maximum atomic E-state index is 14.7. The Morgan fingerprint density at radius 2 is 1.22 bits per heavy atom. The molecule has 46 heavy (non-hydrogen) atoms. The van der Waals surface area contributed by atoms with E-state index in [1.165, 1.54) is 16.5 Å². The third kappa shape index (κ3) is 3.43. The lowest BCUT2D eigenvalue weighted by Crippen LogP contribution is -2.36. The first-order valence-corrected chi connectivity index (χ1v) is 15.8. The molecule has 1 unspecified atom stereocenters. The third-order valence-corrected chi connectivity index (χ3v) is 9.81. The molecule has 0 saturated heterocycles. The lowest BCUT2D eigenvalue weighted by molar-refractivity contribution is -0.337. The van der Waals surface area contributed by atoms with Crippen LogP contribution in [-0.2, 0) is 0 Å². The number of carbonyl (C=O) groups is 1. The number of fused-ring (bicyclic) bond motifs is 7. The molecule has 7 aromatic rings. The molecular weight excluding hydrogens is 560 g/mol. The van der Waals surface area contributed by atoms with E-state index < -0.39 is 0 Å². The van der Waals surface area contributed by atoms with Gasteiger partial charge in [-0.2, -0.15) is 0 Å². The number of hydrogen-bond acceptors (Lipinski definition) is 1. The SMILES string of the molecule is O=C1c2ccccc2-c2c(-c3ccccc3)cc3c4cc(-c5ccccc5)ccc4n4c3c2[N+]1=C1C=C(c2ccccc2)C=CC14. The largest absolute Gasteiger partial charge is 0.426 e. The topological polar surface area (TPSA) is 25.0 Å². The van der Waals surface area contributed by atoms with Crippen molar-refractivity contribution in [2.24, 2.45) is 0 Å². The van der Waals surface area contributed by atoms with Gasteiger partial charge >= 0.3 is 5.91 Å². The quantitative estimate of drug-likeness (QED) is 0.189. The Labute approximate surface area is 266 Å². The third-order valence-electron chi connectivity index (χ3n) is 9.81. The fourth-order valence-electron chi connectivity index (χ4n) is 7.79. The highest BCUT2D eigenvalue weighted by atomic mass is 16.2. The first kappa shape index (κ1) is 25.3. The first-order valence-electron chi connectivity index (χ1n) is 15.8. The van der Waals surface area contributed by atoms with E-state index in [4.69, 9.17) is 0 Å². The molecule has 1 aliphatic carbocycles. The number of amides is 1. The van der Waals surface area contributed by atoms with Gasteiger partial charge in [0.15, 0.2) is 0 Å². The number of rotatable bonds is 3. The zero-order valence-corrected chi connectivity index (χ0v) is 24.9. The van der Waals surface area contributed by atoms with E-state index in [1.54, 1.807) is 0 Å². The first-order chi connectivity index (χ1) is 22.8. The summed E-state index contributed by atoms with van der Waals surface area (Å²) < 4.78 is 4.50. The van der Waals surface area contributed by atoms with Crippen molar-refractivity contribution in [2.75, 3.05) is 0 Å². The van der Waals surface area contributed by atoms with E-state index in [0.29, 0.717) is 0 Å². The zero-order valence-electron chi connectivity index (χ0n) is 24.9. The molecule has 1 atom stereocenters.